The first-order chi connectivity index (χ1) is 10.1. The van der Waals surface area contributed by atoms with Gasteiger partial charge in [0, 0.05) is 11.4 Å². The van der Waals surface area contributed by atoms with E-state index in [1.807, 2.05) is 13.8 Å². The van der Waals surface area contributed by atoms with Gasteiger partial charge in [-0.3, -0.25) is 4.79 Å². The number of aryl methyl sites for hydroxylation is 2. The number of hydrogen-bond donors (Lipinski definition) is 1. The zero-order valence-corrected chi connectivity index (χ0v) is 13.6. The van der Waals surface area contributed by atoms with Gasteiger partial charge in [-0.15, -0.1) is 23.1 Å². The lowest BCUT2D eigenvalue weighted by Crippen LogP contribution is -2.24. The molecule has 0 saturated carbocycles. The van der Waals surface area contributed by atoms with Crippen molar-refractivity contribution in [3.05, 3.63) is 45.7 Å². The monoisotopic (exact) mass is 324 g/mol. The Morgan fingerprint density at radius 2 is 2.05 bits per heavy atom. The summed E-state index contributed by atoms with van der Waals surface area (Å²) >= 11 is 3.08. The van der Waals surface area contributed by atoms with Crippen molar-refractivity contribution in [2.45, 2.75) is 25.2 Å². The van der Waals surface area contributed by atoms with Gasteiger partial charge in [0.1, 0.15) is 10.7 Å². The Hall–Kier alpha value is -1.40. The summed E-state index contributed by atoms with van der Waals surface area (Å²) in [5.74, 6) is 0.610. The van der Waals surface area contributed by atoms with Gasteiger partial charge in [0.25, 0.3) is 5.91 Å². The third-order valence-corrected chi connectivity index (χ3v) is 4.97. The Morgan fingerprint density at radius 3 is 2.67 bits per heavy atom. The molecule has 1 aromatic heterocycles. The molecule has 1 heterocycles. The summed E-state index contributed by atoms with van der Waals surface area (Å²) in [6.45, 7) is 4.37. The van der Waals surface area contributed by atoms with Crippen LogP contribution in [0.1, 0.15) is 26.8 Å². The molecule has 0 atom stereocenters. The SMILES string of the molecule is Cc1nc(C)c(C(=O)NCCCSc2ccc(F)cc2)s1. The molecule has 0 aliphatic heterocycles. The van der Waals surface area contributed by atoms with Crippen LogP contribution >= 0.6 is 23.1 Å². The lowest BCUT2D eigenvalue weighted by Gasteiger charge is -2.04. The number of carbonyl (C=O) groups excluding carboxylic acids is 1. The molecule has 112 valence electrons. The second-order valence-corrected chi connectivity index (χ2v) is 6.93. The zero-order chi connectivity index (χ0) is 15.2. The molecule has 0 unspecified atom stereocenters. The van der Waals surface area contributed by atoms with Gasteiger partial charge in [0.2, 0.25) is 0 Å². The van der Waals surface area contributed by atoms with Gasteiger partial charge in [0.05, 0.1) is 10.7 Å². The molecule has 2 rings (SSSR count). The third-order valence-electron chi connectivity index (χ3n) is 2.80. The van der Waals surface area contributed by atoms with Crippen LogP contribution in [0.3, 0.4) is 0 Å². The van der Waals surface area contributed by atoms with E-state index in [1.165, 1.54) is 23.5 Å². The molecule has 1 amide bonds. The number of thiazole rings is 1. The van der Waals surface area contributed by atoms with E-state index in [1.54, 1.807) is 23.9 Å². The van der Waals surface area contributed by atoms with Crippen LogP contribution in [-0.2, 0) is 0 Å². The molecule has 1 N–H and O–H groups in total. The molecule has 0 aliphatic carbocycles. The first kappa shape index (κ1) is 16.0. The van der Waals surface area contributed by atoms with Crippen LogP contribution in [0.25, 0.3) is 0 Å². The van der Waals surface area contributed by atoms with Gasteiger partial charge in [-0.05, 0) is 50.3 Å². The number of thioether (sulfide) groups is 1. The largest absolute Gasteiger partial charge is 0.351 e. The quantitative estimate of drug-likeness (QED) is 0.649. The predicted octanol–water partition coefficient (Wildman–Crippen LogP) is 3.81. The number of aromatic nitrogens is 1. The van der Waals surface area contributed by atoms with Crippen LogP contribution in [0.4, 0.5) is 4.39 Å². The Kier molecular flexibility index (Phi) is 5.76. The van der Waals surface area contributed by atoms with Crippen LogP contribution in [-0.4, -0.2) is 23.2 Å². The average Bonchev–Trinajstić information content (AvgIpc) is 2.79. The first-order valence-electron chi connectivity index (χ1n) is 6.67. The van der Waals surface area contributed by atoms with E-state index in [0.29, 0.717) is 11.4 Å². The molecule has 3 nitrogen and oxygen atoms in total. The lowest BCUT2D eigenvalue weighted by atomic mass is 10.3. The smallest absolute Gasteiger partial charge is 0.263 e. The third kappa shape index (κ3) is 4.82. The average molecular weight is 324 g/mol. The highest BCUT2D eigenvalue weighted by Gasteiger charge is 2.12. The van der Waals surface area contributed by atoms with Crippen molar-refractivity contribution in [3.8, 4) is 0 Å². The summed E-state index contributed by atoms with van der Waals surface area (Å²) in [4.78, 5) is 17.9. The van der Waals surface area contributed by atoms with E-state index >= 15 is 0 Å². The lowest BCUT2D eigenvalue weighted by molar-refractivity contribution is 0.0957. The Balaban J connectivity index is 1.69. The summed E-state index contributed by atoms with van der Waals surface area (Å²) in [7, 11) is 0. The summed E-state index contributed by atoms with van der Waals surface area (Å²) in [5, 5.41) is 3.81. The van der Waals surface area contributed by atoms with Crippen LogP contribution in [0.15, 0.2) is 29.2 Å². The number of hydrogen-bond acceptors (Lipinski definition) is 4. The second kappa shape index (κ2) is 7.56. The summed E-state index contributed by atoms with van der Waals surface area (Å²) in [6.07, 6.45) is 0.866. The maximum Gasteiger partial charge on any atom is 0.263 e. The van der Waals surface area contributed by atoms with Crippen molar-refractivity contribution in [1.29, 1.82) is 0 Å². The summed E-state index contributed by atoms with van der Waals surface area (Å²) in [5.41, 5.74) is 0.788. The molecule has 21 heavy (non-hydrogen) atoms. The van der Waals surface area contributed by atoms with Gasteiger partial charge < -0.3 is 5.32 Å². The number of nitrogens with zero attached hydrogens (tertiary/aromatic N) is 1. The fourth-order valence-electron chi connectivity index (χ4n) is 1.82. The second-order valence-electron chi connectivity index (χ2n) is 4.56. The van der Waals surface area contributed by atoms with Gasteiger partial charge >= 0.3 is 0 Å². The van der Waals surface area contributed by atoms with E-state index in [9.17, 15) is 9.18 Å². The molecule has 1 aromatic carbocycles. The van der Waals surface area contributed by atoms with Crippen molar-refractivity contribution < 1.29 is 9.18 Å². The molecule has 0 bridgehead atoms. The van der Waals surface area contributed by atoms with Gasteiger partial charge in [-0.25, -0.2) is 9.37 Å². The maximum atomic E-state index is 12.8. The number of halogens is 1. The van der Waals surface area contributed by atoms with Crippen molar-refractivity contribution in [1.82, 2.24) is 10.3 Å². The molecule has 0 radical (unpaired) electrons. The number of benzene rings is 1. The highest BCUT2D eigenvalue weighted by molar-refractivity contribution is 7.99. The Morgan fingerprint density at radius 1 is 1.33 bits per heavy atom. The van der Waals surface area contributed by atoms with Crippen LogP contribution in [0.2, 0.25) is 0 Å². The van der Waals surface area contributed by atoms with Gasteiger partial charge in [0.15, 0.2) is 0 Å². The highest BCUT2D eigenvalue weighted by atomic mass is 32.2. The molecular weight excluding hydrogens is 307 g/mol. The topological polar surface area (TPSA) is 42.0 Å². The van der Waals surface area contributed by atoms with Gasteiger partial charge in [-0.1, -0.05) is 0 Å². The highest BCUT2D eigenvalue weighted by Crippen LogP contribution is 2.19. The number of carbonyl (C=O) groups is 1. The van der Waals surface area contributed by atoms with E-state index in [2.05, 4.69) is 10.3 Å². The van der Waals surface area contributed by atoms with Crippen molar-refractivity contribution in [2.75, 3.05) is 12.3 Å². The normalized spacial score (nSPS) is 10.6. The maximum absolute atomic E-state index is 12.8. The predicted molar refractivity (Wildman–Crippen MR) is 85.7 cm³/mol. The van der Waals surface area contributed by atoms with Crippen molar-refractivity contribution in [3.63, 3.8) is 0 Å². The molecule has 2 aromatic rings. The van der Waals surface area contributed by atoms with Crippen molar-refractivity contribution >= 4 is 29.0 Å². The van der Waals surface area contributed by atoms with E-state index < -0.39 is 0 Å². The van der Waals surface area contributed by atoms with E-state index in [4.69, 9.17) is 0 Å². The summed E-state index contributed by atoms with van der Waals surface area (Å²) in [6, 6.07) is 6.45. The van der Waals surface area contributed by atoms with Crippen molar-refractivity contribution in [2.24, 2.45) is 0 Å². The van der Waals surface area contributed by atoms with Gasteiger partial charge in [-0.2, -0.15) is 0 Å². The molecule has 0 fully saturated rings. The zero-order valence-electron chi connectivity index (χ0n) is 12.0. The Bertz CT molecular complexity index is 611. The number of amides is 1. The minimum Gasteiger partial charge on any atom is -0.351 e. The molecular formula is C15H17FN2OS2. The molecule has 6 heteroatoms. The summed E-state index contributed by atoms with van der Waals surface area (Å²) < 4.78 is 12.8. The minimum absolute atomic E-state index is 0.0510. The van der Waals surface area contributed by atoms with Crippen LogP contribution in [0, 0.1) is 19.7 Å². The number of nitrogens with one attached hydrogen (secondary N) is 1. The molecule has 0 saturated heterocycles. The van der Waals surface area contributed by atoms with E-state index in [-0.39, 0.29) is 11.7 Å². The fraction of sp³-hybridized carbons (Fsp3) is 0.333. The molecule has 0 spiro atoms. The van der Waals surface area contributed by atoms with Crippen LogP contribution < -0.4 is 5.32 Å². The molecule has 0 aliphatic rings. The van der Waals surface area contributed by atoms with E-state index in [0.717, 1.165) is 27.8 Å². The standard InChI is InChI=1S/C15H17FN2OS2/c1-10-14(21-11(2)18-10)15(19)17-8-3-9-20-13-6-4-12(16)5-7-13/h4-7H,3,8-9H2,1-2H3,(H,17,19). The minimum atomic E-state index is -0.221. The first-order valence-corrected chi connectivity index (χ1v) is 8.47. The number of rotatable bonds is 6. The Labute approximate surface area is 132 Å². The van der Waals surface area contributed by atoms with Crippen LogP contribution in [0.5, 0.6) is 0 Å². The fourth-order valence-corrected chi connectivity index (χ4v) is 3.51.